The van der Waals surface area contributed by atoms with Crippen LogP contribution in [0.15, 0.2) is 12.4 Å². The third-order valence-corrected chi connectivity index (χ3v) is 4.20. The fraction of sp³-hybridized carbons (Fsp3) is 0.714. The molecule has 0 unspecified atom stereocenters. The summed E-state index contributed by atoms with van der Waals surface area (Å²) in [5, 5.41) is 4.05. The van der Waals surface area contributed by atoms with E-state index in [4.69, 9.17) is 5.73 Å². The molecule has 1 aliphatic rings. The first-order valence-corrected chi connectivity index (χ1v) is 6.91. The van der Waals surface area contributed by atoms with E-state index in [1.807, 2.05) is 11.9 Å². The second kappa shape index (κ2) is 5.23. The second-order valence-electron chi connectivity index (χ2n) is 6.37. The molecule has 1 heterocycles. The highest BCUT2D eigenvalue weighted by atomic mass is 16.2. The molecular formula is C14H24N4O. The Morgan fingerprint density at radius 3 is 2.68 bits per heavy atom. The van der Waals surface area contributed by atoms with Gasteiger partial charge in [-0.1, -0.05) is 13.8 Å². The Morgan fingerprint density at radius 2 is 2.16 bits per heavy atom. The first kappa shape index (κ1) is 13.9. The lowest BCUT2D eigenvalue weighted by Gasteiger charge is -2.38. The van der Waals surface area contributed by atoms with Crippen LogP contribution in [0.5, 0.6) is 0 Å². The zero-order valence-electron chi connectivity index (χ0n) is 12.1. The van der Waals surface area contributed by atoms with Crippen molar-refractivity contribution >= 4 is 11.6 Å². The monoisotopic (exact) mass is 264 g/mol. The standard InChI is InChI=1S/C14H24N4O/c1-14(2)6-4-12(5-7-14)17(3)13(19)10-18-9-11(15)8-16-18/h8-9,12H,4-7,10,15H2,1-3H3. The number of anilines is 1. The van der Waals surface area contributed by atoms with Gasteiger partial charge < -0.3 is 10.6 Å². The largest absolute Gasteiger partial charge is 0.396 e. The number of nitrogen functional groups attached to an aromatic ring is 1. The van der Waals surface area contributed by atoms with Crippen molar-refractivity contribution in [3.05, 3.63) is 12.4 Å². The Hall–Kier alpha value is -1.52. The number of hydrogen-bond acceptors (Lipinski definition) is 3. The second-order valence-corrected chi connectivity index (χ2v) is 6.37. The van der Waals surface area contributed by atoms with Crippen molar-refractivity contribution in [1.29, 1.82) is 0 Å². The molecule has 2 rings (SSSR count). The summed E-state index contributed by atoms with van der Waals surface area (Å²) in [6.45, 7) is 4.88. The van der Waals surface area contributed by atoms with Crippen molar-refractivity contribution in [2.45, 2.75) is 52.1 Å². The zero-order valence-corrected chi connectivity index (χ0v) is 12.1. The van der Waals surface area contributed by atoms with Crippen LogP contribution in [0.25, 0.3) is 0 Å². The number of amides is 1. The summed E-state index contributed by atoms with van der Waals surface area (Å²) in [5.41, 5.74) is 6.61. The van der Waals surface area contributed by atoms with Crippen LogP contribution in [0.3, 0.4) is 0 Å². The summed E-state index contributed by atoms with van der Waals surface area (Å²) in [5.74, 6) is 0.104. The van der Waals surface area contributed by atoms with Gasteiger partial charge in [-0.05, 0) is 31.1 Å². The van der Waals surface area contributed by atoms with E-state index in [0.29, 0.717) is 17.1 Å². The molecule has 5 nitrogen and oxygen atoms in total. The van der Waals surface area contributed by atoms with Crippen molar-refractivity contribution in [3.8, 4) is 0 Å². The van der Waals surface area contributed by atoms with E-state index in [0.717, 1.165) is 12.8 Å². The maximum Gasteiger partial charge on any atom is 0.244 e. The SMILES string of the molecule is CN(C(=O)Cn1cc(N)cn1)C1CCC(C)(C)CC1. The molecule has 0 aromatic carbocycles. The number of likely N-dealkylation sites (N-methyl/N-ethyl adjacent to an activating group) is 1. The van der Waals surface area contributed by atoms with Gasteiger partial charge in [0.2, 0.25) is 5.91 Å². The number of rotatable bonds is 3. The highest BCUT2D eigenvalue weighted by Gasteiger charge is 2.30. The smallest absolute Gasteiger partial charge is 0.244 e. The lowest BCUT2D eigenvalue weighted by Crippen LogP contribution is -2.42. The maximum atomic E-state index is 12.2. The van der Waals surface area contributed by atoms with E-state index in [9.17, 15) is 4.79 Å². The Kier molecular flexibility index (Phi) is 3.83. The van der Waals surface area contributed by atoms with Gasteiger partial charge in [0, 0.05) is 19.3 Å². The minimum atomic E-state index is 0.104. The number of carbonyl (C=O) groups excluding carboxylic acids is 1. The lowest BCUT2D eigenvalue weighted by molar-refractivity contribution is -0.133. The van der Waals surface area contributed by atoms with Crippen LogP contribution in [0.4, 0.5) is 5.69 Å². The topological polar surface area (TPSA) is 64.2 Å². The maximum absolute atomic E-state index is 12.2. The van der Waals surface area contributed by atoms with E-state index in [2.05, 4.69) is 18.9 Å². The van der Waals surface area contributed by atoms with Gasteiger partial charge >= 0.3 is 0 Å². The molecule has 1 aliphatic carbocycles. The van der Waals surface area contributed by atoms with Crippen LogP contribution in [0.1, 0.15) is 39.5 Å². The van der Waals surface area contributed by atoms with Crippen LogP contribution < -0.4 is 5.73 Å². The molecule has 0 bridgehead atoms. The fourth-order valence-electron chi connectivity index (χ4n) is 2.69. The minimum Gasteiger partial charge on any atom is -0.396 e. The first-order chi connectivity index (χ1) is 8.87. The normalized spacial score (nSPS) is 19.3. The number of nitrogens with two attached hydrogens (primary N) is 1. The average Bonchev–Trinajstić information content (AvgIpc) is 2.74. The molecule has 5 heteroatoms. The van der Waals surface area contributed by atoms with Crippen molar-refractivity contribution in [2.24, 2.45) is 5.41 Å². The van der Waals surface area contributed by atoms with E-state index in [1.54, 1.807) is 17.1 Å². The van der Waals surface area contributed by atoms with Crippen LogP contribution in [0.2, 0.25) is 0 Å². The van der Waals surface area contributed by atoms with Gasteiger partial charge in [-0.3, -0.25) is 9.48 Å². The molecule has 0 atom stereocenters. The Morgan fingerprint density at radius 1 is 1.53 bits per heavy atom. The third-order valence-electron chi connectivity index (χ3n) is 4.20. The molecular weight excluding hydrogens is 240 g/mol. The summed E-state index contributed by atoms with van der Waals surface area (Å²) < 4.78 is 1.60. The number of hydrogen-bond donors (Lipinski definition) is 1. The van der Waals surface area contributed by atoms with Crippen LogP contribution in [-0.4, -0.2) is 33.7 Å². The predicted molar refractivity (Wildman–Crippen MR) is 75.4 cm³/mol. The van der Waals surface area contributed by atoms with Gasteiger partial charge in [0.15, 0.2) is 0 Å². The Labute approximate surface area is 114 Å². The summed E-state index contributed by atoms with van der Waals surface area (Å²) in [6, 6.07) is 0.369. The molecule has 0 radical (unpaired) electrons. The number of aromatic nitrogens is 2. The quantitative estimate of drug-likeness (QED) is 0.906. The van der Waals surface area contributed by atoms with E-state index < -0.39 is 0 Å². The molecule has 1 amide bonds. The molecule has 106 valence electrons. The van der Waals surface area contributed by atoms with E-state index >= 15 is 0 Å². The highest BCUT2D eigenvalue weighted by molar-refractivity contribution is 5.76. The molecule has 19 heavy (non-hydrogen) atoms. The van der Waals surface area contributed by atoms with Gasteiger partial charge in [-0.15, -0.1) is 0 Å². The van der Waals surface area contributed by atoms with Crippen LogP contribution in [0, 0.1) is 5.41 Å². The van der Waals surface area contributed by atoms with Crippen LogP contribution >= 0.6 is 0 Å². The van der Waals surface area contributed by atoms with E-state index in [1.165, 1.54) is 12.8 Å². The third kappa shape index (κ3) is 3.49. The van der Waals surface area contributed by atoms with Gasteiger partial charge in [0.05, 0.1) is 11.9 Å². The molecule has 1 aromatic rings. The predicted octanol–water partition coefficient (Wildman–Crippen LogP) is 1.89. The molecule has 1 aromatic heterocycles. The fourth-order valence-corrected chi connectivity index (χ4v) is 2.69. The molecule has 1 fully saturated rings. The molecule has 0 spiro atoms. The van der Waals surface area contributed by atoms with E-state index in [-0.39, 0.29) is 12.5 Å². The van der Waals surface area contributed by atoms with Crippen molar-refractivity contribution < 1.29 is 4.79 Å². The summed E-state index contributed by atoms with van der Waals surface area (Å²) in [6.07, 6.45) is 7.81. The molecule has 0 aliphatic heterocycles. The Bertz CT molecular complexity index is 442. The summed E-state index contributed by atoms with van der Waals surface area (Å²) in [4.78, 5) is 14.1. The highest BCUT2D eigenvalue weighted by Crippen LogP contribution is 2.36. The minimum absolute atomic E-state index is 0.104. The number of carbonyl (C=O) groups is 1. The van der Waals surface area contributed by atoms with Gasteiger partial charge in [0.25, 0.3) is 0 Å². The van der Waals surface area contributed by atoms with Crippen LogP contribution in [-0.2, 0) is 11.3 Å². The lowest BCUT2D eigenvalue weighted by atomic mass is 9.75. The first-order valence-electron chi connectivity index (χ1n) is 6.91. The zero-order chi connectivity index (χ0) is 14.0. The number of nitrogens with zero attached hydrogens (tertiary/aromatic N) is 3. The van der Waals surface area contributed by atoms with Crippen molar-refractivity contribution in [1.82, 2.24) is 14.7 Å². The average molecular weight is 264 g/mol. The molecule has 1 saturated carbocycles. The van der Waals surface area contributed by atoms with Gasteiger partial charge in [-0.25, -0.2) is 0 Å². The molecule has 2 N–H and O–H groups in total. The van der Waals surface area contributed by atoms with Crippen molar-refractivity contribution in [2.75, 3.05) is 12.8 Å². The Balaban J connectivity index is 1.89. The summed E-state index contributed by atoms with van der Waals surface area (Å²) >= 11 is 0. The van der Waals surface area contributed by atoms with Gasteiger partial charge in [-0.2, -0.15) is 5.10 Å². The van der Waals surface area contributed by atoms with Gasteiger partial charge in [0.1, 0.15) is 6.54 Å². The molecule has 0 saturated heterocycles. The summed E-state index contributed by atoms with van der Waals surface area (Å²) in [7, 11) is 1.90. The van der Waals surface area contributed by atoms with Crippen molar-refractivity contribution in [3.63, 3.8) is 0 Å².